The Balaban J connectivity index is 1.58. The van der Waals surface area contributed by atoms with E-state index in [0.717, 1.165) is 30.5 Å². The summed E-state index contributed by atoms with van der Waals surface area (Å²) in [5.74, 6) is 1.09. The van der Waals surface area contributed by atoms with E-state index in [4.69, 9.17) is 10.5 Å². The third-order valence-corrected chi connectivity index (χ3v) is 4.43. The van der Waals surface area contributed by atoms with Gasteiger partial charge in [-0.1, -0.05) is 19.1 Å². The van der Waals surface area contributed by atoms with Crippen molar-refractivity contribution in [1.29, 1.82) is 0 Å². The number of hydrogen-bond donors (Lipinski definition) is 2. The van der Waals surface area contributed by atoms with Crippen molar-refractivity contribution in [2.24, 2.45) is 10.7 Å². The number of aliphatic imine (C=N–C) groups is 1. The number of benzene rings is 1. The molecule has 3 rings (SSSR count). The van der Waals surface area contributed by atoms with Crippen molar-refractivity contribution in [3.8, 4) is 5.88 Å². The van der Waals surface area contributed by atoms with E-state index in [1.54, 1.807) is 6.20 Å². The minimum absolute atomic E-state index is 0.309. The van der Waals surface area contributed by atoms with Gasteiger partial charge in [0.2, 0.25) is 5.88 Å². The maximum atomic E-state index is 6.01. The third-order valence-electron chi connectivity index (χ3n) is 4.43. The van der Waals surface area contributed by atoms with Gasteiger partial charge in [0.1, 0.15) is 6.10 Å². The summed E-state index contributed by atoms with van der Waals surface area (Å²) in [4.78, 5) is 8.72. The summed E-state index contributed by atoms with van der Waals surface area (Å²) in [5.41, 5.74) is 9.27. The van der Waals surface area contributed by atoms with E-state index in [1.165, 1.54) is 18.4 Å². The molecule has 0 amide bonds. The van der Waals surface area contributed by atoms with E-state index in [0.29, 0.717) is 24.5 Å². The Morgan fingerprint density at radius 2 is 2.08 bits per heavy atom. The number of nitrogens with one attached hydrogen (secondary N) is 1. The van der Waals surface area contributed by atoms with E-state index >= 15 is 0 Å². The summed E-state index contributed by atoms with van der Waals surface area (Å²) >= 11 is 0. The predicted molar refractivity (Wildman–Crippen MR) is 102 cm³/mol. The number of aryl methyl sites for hydroxylation is 1. The van der Waals surface area contributed by atoms with Crippen LogP contribution in [0.3, 0.4) is 0 Å². The van der Waals surface area contributed by atoms with Gasteiger partial charge in [0.05, 0.1) is 6.54 Å². The molecular weight excluding hydrogens is 312 g/mol. The minimum atomic E-state index is 0.309. The number of anilines is 1. The zero-order valence-corrected chi connectivity index (χ0v) is 14.7. The van der Waals surface area contributed by atoms with Gasteiger partial charge in [-0.05, 0) is 61.4 Å². The lowest BCUT2D eigenvalue weighted by molar-refractivity contribution is 0.201. The second kappa shape index (κ2) is 8.51. The molecule has 0 spiro atoms. The van der Waals surface area contributed by atoms with Crippen LogP contribution in [-0.4, -0.2) is 17.0 Å². The molecule has 2 aromatic rings. The first-order valence-electron chi connectivity index (χ1n) is 9.00. The van der Waals surface area contributed by atoms with Gasteiger partial charge >= 0.3 is 0 Å². The first-order valence-corrected chi connectivity index (χ1v) is 9.00. The largest absolute Gasteiger partial charge is 0.474 e. The van der Waals surface area contributed by atoms with Crippen LogP contribution in [0.25, 0.3) is 0 Å². The van der Waals surface area contributed by atoms with E-state index in [2.05, 4.69) is 34.3 Å². The highest BCUT2D eigenvalue weighted by atomic mass is 16.5. The van der Waals surface area contributed by atoms with Crippen LogP contribution in [0, 0.1) is 0 Å². The molecule has 132 valence electrons. The molecule has 5 heteroatoms. The van der Waals surface area contributed by atoms with Crippen molar-refractivity contribution in [2.75, 3.05) is 5.32 Å². The number of rotatable bonds is 6. The second-order valence-corrected chi connectivity index (χ2v) is 6.41. The fourth-order valence-electron chi connectivity index (χ4n) is 3.02. The van der Waals surface area contributed by atoms with Crippen LogP contribution < -0.4 is 15.8 Å². The van der Waals surface area contributed by atoms with Gasteiger partial charge in [0, 0.05) is 18.0 Å². The number of guanidine groups is 1. The summed E-state index contributed by atoms with van der Waals surface area (Å²) in [6.45, 7) is 2.63. The monoisotopic (exact) mass is 338 g/mol. The standard InChI is InChI=1S/C20H26N4O/c1-2-15-6-5-7-17(12-15)24-20(21)23-14-16-10-11-22-19(13-16)25-18-8-3-4-9-18/h5-7,10-13,18H,2-4,8-9,14H2,1H3,(H3,21,23,24). The topological polar surface area (TPSA) is 72.5 Å². The van der Waals surface area contributed by atoms with Gasteiger partial charge in [-0.2, -0.15) is 0 Å². The Morgan fingerprint density at radius 3 is 2.88 bits per heavy atom. The summed E-state index contributed by atoms with van der Waals surface area (Å²) in [7, 11) is 0. The van der Waals surface area contributed by atoms with Crippen LogP contribution in [0.1, 0.15) is 43.7 Å². The van der Waals surface area contributed by atoms with Crippen LogP contribution in [0.5, 0.6) is 5.88 Å². The zero-order chi connectivity index (χ0) is 17.5. The maximum absolute atomic E-state index is 6.01. The smallest absolute Gasteiger partial charge is 0.213 e. The lowest BCUT2D eigenvalue weighted by Gasteiger charge is -2.12. The number of nitrogens with two attached hydrogens (primary N) is 1. The first kappa shape index (κ1) is 17.3. The average Bonchev–Trinajstić information content (AvgIpc) is 3.13. The van der Waals surface area contributed by atoms with Crippen LogP contribution in [0.2, 0.25) is 0 Å². The molecule has 0 bridgehead atoms. The second-order valence-electron chi connectivity index (χ2n) is 6.41. The molecule has 1 aromatic heterocycles. The molecule has 25 heavy (non-hydrogen) atoms. The van der Waals surface area contributed by atoms with Crippen molar-refractivity contribution in [3.63, 3.8) is 0 Å². The minimum Gasteiger partial charge on any atom is -0.474 e. The molecule has 1 aliphatic rings. The highest BCUT2D eigenvalue weighted by Crippen LogP contribution is 2.23. The molecule has 1 aliphatic carbocycles. The maximum Gasteiger partial charge on any atom is 0.213 e. The Kier molecular flexibility index (Phi) is 5.88. The molecule has 1 heterocycles. The predicted octanol–water partition coefficient (Wildman–Crippen LogP) is 3.89. The van der Waals surface area contributed by atoms with Gasteiger partial charge < -0.3 is 15.8 Å². The molecule has 5 nitrogen and oxygen atoms in total. The molecule has 3 N–H and O–H groups in total. The molecule has 0 saturated heterocycles. The van der Waals surface area contributed by atoms with E-state index < -0.39 is 0 Å². The van der Waals surface area contributed by atoms with Gasteiger partial charge in [-0.25, -0.2) is 9.98 Å². The Morgan fingerprint density at radius 1 is 1.24 bits per heavy atom. The van der Waals surface area contributed by atoms with E-state index in [9.17, 15) is 0 Å². The Labute approximate surface area is 149 Å². The highest BCUT2D eigenvalue weighted by molar-refractivity contribution is 5.92. The first-order chi connectivity index (χ1) is 12.2. The Hall–Kier alpha value is -2.56. The normalized spacial score (nSPS) is 15.3. The van der Waals surface area contributed by atoms with E-state index in [1.807, 2.05) is 24.3 Å². The number of nitrogens with zero attached hydrogens (tertiary/aromatic N) is 2. The molecule has 0 atom stereocenters. The SMILES string of the molecule is CCc1cccc(NC(N)=NCc2ccnc(OC3CCCC3)c2)c1. The lowest BCUT2D eigenvalue weighted by Crippen LogP contribution is -2.22. The summed E-state index contributed by atoms with van der Waals surface area (Å²) in [6, 6.07) is 12.1. The van der Waals surface area contributed by atoms with Gasteiger partial charge in [0.25, 0.3) is 0 Å². The van der Waals surface area contributed by atoms with Crippen LogP contribution >= 0.6 is 0 Å². The number of hydrogen-bond acceptors (Lipinski definition) is 3. The van der Waals surface area contributed by atoms with Gasteiger partial charge in [-0.3, -0.25) is 0 Å². The van der Waals surface area contributed by atoms with Gasteiger partial charge in [0.15, 0.2) is 5.96 Å². The third kappa shape index (κ3) is 5.21. The fourth-order valence-corrected chi connectivity index (χ4v) is 3.02. The van der Waals surface area contributed by atoms with Crippen molar-refractivity contribution in [2.45, 2.75) is 51.7 Å². The molecule has 1 fully saturated rings. The molecule has 0 unspecified atom stereocenters. The molecule has 0 radical (unpaired) electrons. The van der Waals surface area contributed by atoms with Crippen molar-refractivity contribution < 1.29 is 4.74 Å². The fraction of sp³-hybridized carbons (Fsp3) is 0.400. The van der Waals surface area contributed by atoms with Crippen LogP contribution in [0.4, 0.5) is 5.69 Å². The van der Waals surface area contributed by atoms with Crippen molar-refractivity contribution >= 4 is 11.6 Å². The summed E-state index contributed by atoms with van der Waals surface area (Å²) in [6.07, 6.45) is 7.81. The van der Waals surface area contributed by atoms with Crippen molar-refractivity contribution in [3.05, 3.63) is 53.7 Å². The molecule has 1 saturated carbocycles. The molecule has 0 aliphatic heterocycles. The molecular formula is C20H26N4O. The summed E-state index contributed by atoms with van der Waals surface area (Å²) in [5, 5.41) is 3.14. The molecule has 1 aromatic carbocycles. The zero-order valence-electron chi connectivity index (χ0n) is 14.7. The Bertz CT molecular complexity index is 723. The highest BCUT2D eigenvalue weighted by Gasteiger charge is 2.16. The number of ether oxygens (including phenoxy) is 1. The van der Waals surface area contributed by atoms with Crippen molar-refractivity contribution in [1.82, 2.24) is 4.98 Å². The van der Waals surface area contributed by atoms with Crippen LogP contribution in [0.15, 0.2) is 47.6 Å². The van der Waals surface area contributed by atoms with E-state index in [-0.39, 0.29) is 0 Å². The quantitative estimate of drug-likeness (QED) is 0.619. The lowest BCUT2D eigenvalue weighted by atomic mass is 10.1. The summed E-state index contributed by atoms with van der Waals surface area (Å²) < 4.78 is 5.94. The average molecular weight is 338 g/mol. The number of aromatic nitrogens is 1. The van der Waals surface area contributed by atoms with Crippen LogP contribution in [-0.2, 0) is 13.0 Å². The number of pyridine rings is 1. The van der Waals surface area contributed by atoms with Gasteiger partial charge in [-0.15, -0.1) is 0 Å².